The summed E-state index contributed by atoms with van der Waals surface area (Å²) in [5.41, 5.74) is 0. The van der Waals surface area contributed by atoms with Crippen LogP contribution < -0.4 is 0 Å². The smallest absolute Gasteiger partial charge is 0.294 e. The van der Waals surface area contributed by atoms with E-state index in [2.05, 4.69) is 0 Å². The highest BCUT2D eigenvalue weighted by Gasteiger charge is 2.45. The molecule has 2 saturated heterocycles. The number of sulfonamides is 1. The summed E-state index contributed by atoms with van der Waals surface area (Å²) >= 11 is 0. The molecule has 2 aliphatic rings. The predicted octanol–water partition coefficient (Wildman–Crippen LogP) is 0.372. The summed E-state index contributed by atoms with van der Waals surface area (Å²) in [5.74, 6) is 0.0964. The molecular formula is C9H15F3N2O2S. The van der Waals surface area contributed by atoms with Gasteiger partial charge in [0.05, 0.1) is 12.8 Å². The van der Waals surface area contributed by atoms with Crippen molar-refractivity contribution in [2.45, 2.75) is 6.18 Å². The Morgan fingerprint density at radius 2 is 1.59 bits per heavy atom. The summed E-state index contributed by atoms with van der Waals surface area (Å²) in [4.78, 5) is 1.37. The van der Waals surface area contributed by atoms with Crippen LogP contribution in [0.15, 0.2) is 0 Å². The van der Waals surface area contributed by atoms with Gasteiger partial charge in [0.25, 0.3) is 0 Å². The van der Waals surface area contributed by atoms with E-state index in [0.29, 0.717) is 26.2 Å². The molecule has 0 radical (unpaired) electrons. The minimum absolute atomic E-state index is 0.0482. The number of rotatable bonds is 2. The molecule has 4 nitrogen and oxygen atoms in total. The van der Waals surface area contributed by atoms with Crippen LogP contribution in [0.4, 0.5) is 13.2 Å². The number of nitrogens with zero attached hydrogens (tertiary/aromatic N) is 2. The lowest BCUT2D eigenvalue weighted by atomic mass is 10.0. The number of alkyl halides is 3. The van der Waals surface area contributed by atoms with Crippen molar-refractivity contribution < 1.29 is 21.6 Å². The molecule has 0 aromatic rings. The second-order valence-corrected chi connectivity index (χ2v) is 6.89. The number of hydrogen-bond acceptors (Lipinski definition) is 3. The van der Waals surface area contributed by atoms with E-state index in [1.165, 1.54) is 9.21 Å². The fourth-order valence-electron chi connectivity index (χ4n) is 2.70. The average molecular weight is 272 g/mol. The van der Waals surface area contributed by atoms with Gasteiger partial charge < -0.3 is 0 Å². The Bertz CT molecular complexity index is 382. The molecule has 2 rings (SSSR count). The standard InChI is InChI=1S/C9H15F3N2O2S/c1-17(15,16)14-4-7-2-13(3-8(7)5-14)6-9(10,11)12/h7-8H,2-6H2,1H3. The van der Waals surface area contributed by atoms with E-state index in [0.717, 1.165) is 6.26 Å². The quantitative estimate of drug-likeness (QED) is 0.729. The molecule has 100 valence electrons. The number of likely N-dealkylation sites (tertiary alicyclic amines) is 1. The van der Waals surface area contributed by atoms with Crippen LogP contribution in [0.2, 0.25) is 0 Å². The van der Waals surface area contributed by atoms with E-state index in [1.54, 1.807) is 0 Å². The molecule has 17 heavy (non-hydrogen) atoms. The maximum Gasteiger partial charge on any atom is 0.401 e. The third kappa shape index (κ3) is 3.11. The van der Waals surface area contributed by atoms with Crippen molar-refractivity contribution in [1.29, 1.82) is 0 Å². The SMILES string of the molecule is CS(=O)(=O)N1CC2CN(CC(F)(F)F)CC2C1. The van der Waals surface area contributed by atoms with Gasteiger partial charge in [0.2, 0.25) is 10.0 Å². The van der Waals surface area contributed by atoms with Gasteiger partial charge in [-0.2, -0.15) is 13.2 Å². The van der Waals surface area contributed by atoms with Crippen LogP contribution in [0, 0.1) is 11.8 Å². The minimum Gasteiger partial charge on any atom is -0.294 e. The molecule has 2 atom stereocenters. The van der Waals surface area contributed by atoms with Crippen LogP contribution in [-0.4, -0.2) is 62.8 Å². The molecule has 8 heteroatoms. The normalized spacial score (nSPS) is 32.0. The Kier molecular flexibility index (Phi) is 3.16. The molecule has 0 amide bonds. The topological polar surface area (TPSA) is 40.6 Å². The molecule has 0 aromatic carbocycles. The molecule has 2 fully saturated rings. The van der Waals surface area contributed by atoms with Gasteiger partial charge in [-0.05, 0) is 11.8 Å². The van der Waals surface area contributed by atoms with Gasteiger partial charge in [0, 0.05) is 26.2 Å². The molecule has 0 aromatic heterocycles. The lowest BCUT2D eigenvalue weighted by molar-refractivity contribution is -0.144. The Morgan fingerprint density at radius 3 is 1.94 bits per heavy atom. The van der Waals surface area contributed by atoms with Crippen LogP contribution in [0.3, 0.4) is 0 Å². The summed E-state index contributed by atoms with van der Waals surface area (Å²) in [6, 6.07) is 0. The summed E-state index contributed by atoms with van der Waals surface area (Å²) in [6.45, 7) is 0.515. The molecule has 2 aliphatic heterocycles. The second kappa shape index (κ2) is 4.10. The number of fused-ring (bicyclic) bond motifs is 1. The van der Waals surface area contributed by atoms with Crippen LogP contribution in [0.25, 0.3) is 0 Å². The molecule has 2 heterocycles. The average Bonchev–Trinajstić information content (AvgIpc) is 2.55. The fourth-order valence-corrected chi connectivity index (χ4v) is 3.63. The van der Waals surface area contributed by atoms with Crippen LogP contribution >= 0.6 is 0 Å². The summed E-state index contributed by atoms with van der Waals surface area (Å²) in [5, 5.41) is 0. The number of hydrogen-bond donors (Lipinski definition) is 0. The first-order chi connectivity index (χ1) is 7.65. The minimum atomic E-state index is -4.17. The largest absolute Gasteiger partial charge is 0.401 e. The first-order valence-electron chi connectivity index (χ1n) is 5.39. The van der Waals surface area contributed by atoms with E-state index >= 15 is 0 Å². The van der Waals surface area contributed by atoms with Gasteiger partial charge in [-0.15, -0.1) is 0 Å². The predicted molar refractivity (Wildman–Crippen MR) is 55.9 cm³/mol. The van der Waals surface area contributed by atoms with Gasteiger partial charge in [-0.1, -0.05) is 0 Å². The first-order valence-corrected chi connectivity index (χ1v) is 7.24. The van der Waals surface area contributed by atoms with Gasteiger partial charge in [-0.3, -0.25) is 4.90 Å². The first kappa shape index (κ1) is 13.1. The Morgan fingerprint density at radius 1 is 1.12 bits per heavy atom. The maximum atomic E-state index is 12.2. The Balaban J connectivity index is 1.92. The molecule has 0 N–H and O–H groups in total. The van der Waals surface area contributed by atoms with E-state index in [-0.39, 0.29) is 11.8 Å². The van der Waals surface area contributed by atoms with Crippen LogP contribution in [0.5, 0.6) is 0 Å². The fraction of sp³-hybridized carbons (Fsp3) is 1.00. The Hall–Kier alpha value is -0.340. The summed E-state index contributed by atoms with van der Waals surface area (Å²) in [6.07, 6.45) is -3.03. The zero-order valence-electron chi connectivity index (χ0n) is 9.44. The van der Waals surface area contributed by atoms with Gasteiger partial charge in [0.1, 0.15) is 0 Å². The van der Waals surface area contributed by atoms with Crippen molar-refractivity contribution in [3.8, 4) is 0 Å². The lowest BCUT2D eigenvalue weighted by Crippen LogP contribution is -2.36. The maximum absolute atomic E-state index is 12.2. The van der Waals surface area contributed by atoms with Crippen molar-refractivity contribution in [2.75, 3.05) is 39.0 Å². The van der Waals surface area contributed by atoms with Crippen LogP contribution in [-0.2, 0) is 10.0 Å². The van der Waals surface area contributed by atoms with Gasteiger partial charge in [0.15, 0.2) is 0 Å². The molecular weight excluding hydrogens is 257 g/mol. The van der Waals surface area contributed by atoms with Gasteiger partial charge >= 0.3 is 6.18 Å². The van der Waals surface area contributed by atoms with Crippen molar-refractivity contribution in [1.82, 2.24) is 9.21 Å². The van der Waals surface area contributed by atoms with E-state index in [4.69, 9.17) is 0 Å². The monoisotopic (exact) mass is 272 g/mol. The number of halogens is 3. The van der Waals surface area contributed by atoms with Crippen molar-refractivity contribution in [3.05, 3.63) is 0 Å². The van der Waals surface area contributed by atoms with E-state index in [9.17, 15) is 21.6 Å². The molecule has 2 unspecified atom stereocenters. The van der Waals surface area contributed by atoms with E-state index < -0.39 is 22.7 Å². The molecule has 0 saturated carbocycles. The van der Waals surface area contributed by atoms with E-state index in [1.807, 2.05) is 0 Å². The highest BCUT2D eigenvalue weighted by atomic mass is 32.2. The Labute approximate surface area is 98.4 Å². The third-order valence-corrected chi connectivity index (χ3v) is 4.64. The zero-order chi connectivity index (χ0) is 12.8. The van der Waals surface area contributed by atoms with Crippen molar-refractivity contribution in [3.63, 3.8) is 0 Å². The van der Waals surface area contributed by atoms with Crippen LogP contribution in [0.1, 0.15) is 0 Å². The zero-order valence-corrected chi connectivity index (χ0v) is 10.3. The molecule has 0 aliphatic carbocycles. The third-order valence-electron chi connectivity index (χ3n) is 3.40. The second-order valence-electron chi connectivity index (χ2n) is 4.91. The lowest BCUT2D eigenvalue weighted by Gasteiger charge is -2.21. The summed E-state index contributed by atoms with van der Waals surface area (Å²) in [7, 11) is -3.20. The van der Waals surface area contributed by atoms with Crippen molar-refractivity contribution >= 4 is 10.0 Å². The molecule has 0 spiro atoms. The highest BCUT2D eigenvalue weighted by Crippen LogP contribution is 2.33. The highest BCUT2D eigenvalue weighted by molar-refractivity contribution is 7.88. The van der Waals surface area contributed by atoms with Gasteiger partial charge in [-0.25, -0.2) is 12.7 Å². The summed E-state index contributed by atoms with van der Waals surface area (Å²) < 4.78 is 60.6. The van der Waals surface area contributed by atoms with Crippen molar-refractivity contribution in [2.24, 2.45) is 11.8 Å². The molecule has 0 bridgehead atoms.